The lowest BCUT2D eigenvalue weighted by atomic mass is 10.1. The highest BCUT2D eigenvalue weighted by atomic mass is 19.1. The highest BCUT2D eigenvalue weighted by molar-refractivity contribution is 6.06. The van der Waals surface area contributed by atoms with Crippen LogP contribution in [0.15, 0.2) is 54.9 Å². The van der Waals surface area contributed by atoms with Crippen LogP contribution in [0.2, 0.25) is 0 Å². The summed E-state index contributed by atoms with van der Waals surface area (Å²) >= 11 is 0. The number of fused-ring (bicyclic) bond motifs is 1. The standard InChI is InChI=1S/C20H20FN3O/c1-2-15-8-9-19(23-13-15)24(11-5-10-21)20(25)17-12-16-6-3-4-7-18(16)22-14-17/h3-4,6-9,12-14H,2,5,10-11H2,1H3. The van der Waals surface area contributed by atoms with Crippen molar-refractivity contribution in [1.82, 2.24) is 9.97 Å². The molecule has 5 heteroatoms. The van der Waals surface area contributed by atoms with E-state index in [2.05, 4.69) is 9.97 Å². The molecule has 128 valence electrons. The maximum atomic E-state index is 13.0. The summed E-state index contributed by atoms with van der Waals surface area (Å²) in [5.74, 6) is 0.312. The van der Waals surface area contributed by atoms with Gasteiger partial charge in [-0.1, -0.05) is 31.2 Å². The molecule has 3 aromatic rings. The van der Waals surface area contributed by atoms with Crippen LogP contribution in [0.5, 0.6) is 0 Å². The predicted molar refractivity (Wildman–Crippen MR) is 97.6 cm³/mol. The number of anilines is 1. The Morgan fingerprint density at radius 1 is 1.12 bits per heavy atom. The summed E-state index contributed by atoms with van der Waals surface area (Å²) in [7, 11) is 0. The maximum Gasteiger partial charge on any atom is 0.261 e. The Labute approximate surface area is 146 Å². The average molecular weight is 337 g/mol. The van der Waals surface area contributed by atoms with Crippen LogP contribution in [-0.2, 0) is 6.42 Å². The van der Waals surface area contributed by atoms with Crippen molar-refractivity contribution in [3.8, 4) is 0 Å². The summed E-state index contributed by atoms with van der Waals surface area (Å²) in [4.78, 5) is 23.2. The van der Waals surface area contributed by atoms with Gasteiger partial charge in [0.05, 0.1) is 17.8 Å². The normalized spacial score (nSPS) is 10.8. The number of benzene rings is 1. The van der Waals surface area contributed by atoms with Crippen LogP contribution in [0.1, 0.15) is 29.3 Å². The van der Waals surface area contributed by atoms with Gasteiger partial charge in [0.2, 0.25) is 0 Å². The number of amides is 1. The molecule has 0 bridgehead atoms. The van der Waals surface area contributed by atoms with E-state index in [-0.39, 0.29) is 18.9 Å². The van der Waals surface area contributed by atoms with Crippen LogP contribution >= 0.6 is 0 Å². The minimum Gasteiger partial charge on any atom is -0.293 e. The molecule has 0 aliphatic rings. The highest BCUT2D eigenvalue weighted by Crippen LogP contribution is 2.19. The largest absolute Gasteiger partial charge is 0.293 e. The van der Waals surface area contributed by atoms with Gasteiger partial charge in [-0.05, 0) is 36.6 Å². The van der Waals surface area contributed by atoms with Gasteiger partial charge < -0.3 is 0 Å². The number of para-hydroxylation sites is 1. The van der Waals surface area contributed by atoms with Gasteiger partial charge in [-0.25, -0.2) is 4.98 Å². The Morgan fingerprint density at radius 2 is 1.96 bits per heavy atom. The van der Waals surface area contributed by atoms with Gasteiger partial charge >= 0.3 is 0 Å². The SMILES string of the molecule is CCc1ccc(N(CCCF)C(=O)c2cnc3ccccc3c2)nc1. The van der Waals surface area contributed by atoms with Crippen LogP contribution < -0.4 is 4.90 Å². The van der Waals surface area contributed by atoms with Crippen molar-refractivity contribution in [2.75, 3.05) is 18.1 Å². The van der Waals surface area contributed by atoms with Crippen molar-refractivity contribution >= 4 is 22.6 Å². The Kier molecular flexibility index (Phi) is 5.33. The summed E-state index contributed by atoms with van der Waals surface area (Å²) in [5, 5.41) is 0.896. The molecule has 4 nitrogen and oxygen atoms in total. The van der Waals surface area contributed by atoms with Crippen molar-refractivity contribution in [3.05, 3.63) is 66.0 Å². The van der Waals surface area contributed by atoms with Gasteiger partial charge in [0.15, 0.2) is 0 Å². The van der Waals surface area contributed by atoms with E-state index in [0.717, 1.165) is 22.9 Å². The van der Waals surface area contributed by atoms with Gasteiger partial charge in [0, 0.05) is 24.3 Å². The second-order valence-corrected chi connectivity index (χ2v) is 5.79. The second kappa shape index (κ2) is 7.83. The molecule has 0 saturated heterocycles. The first-order valence-electron chi connectivity index (χ1n) is 8.40. The lowest BCUT2D eigenvalue weighted by Gasteiger charge is -2.21. The molecule has 0 aliphatic carbocycles. The second-order valence-electron chi connectivity index (χ2n) is 5.79. The highest BCUT2D eigenvalue weighted by Gasteiger charge is 2.19. The molecule has 0 spiro atoms. The van der Waals surface area contributed by atoms with Gasteiger partial charge in [-0.2, -0.15) is 0 Å². The van der Waals surface area contributed by atoms with E-state index in [9.17, 15) is 9.18 Å². The van der Waals surface area contributed by atoms with Crippen LogP contribution in [0.4, 0.5) is 10.2 Å². The van der Waals surface area contributed by atoms with Gasteiger partial charge in [0.1, 0.15) is 5.82 Å². The van der Waals surface area contributed by atoms with Crippen molar-refractivity contribution < 1.29 is 9.18 Å². The van der Waals surface area contributed by atoms with Crippen molar-refractivity contribution in [2.24, 2.45) is 0 Å². The maximum absolute atomic E-state index is 13.0. The predicted octanol–water partition coefficient (Wildman–Crippen LogP) is 4.20. The Morgan fingerprint density at radius 3 is 2.68 bits per heavy atom. The third kappa shape index (κ3) is 3.82. The molecule has 3 rings (SSSR count). The summed E-state index contributed by atoms with van der Waals surface area (Å²) in [6.45, 7) is 1.84. The van der Waals surface area contributed by atoms with E-state index in [1.54, 1.807) is 12.4 Å². The number of hydrogen-bond donors (Lipinski definition) is 0. The van der Waals surface area contributed by atoms with Crippen LogP contribution in [-0.4, -0.2) is 29.1 Å². The zero-order valence-corrected chi connectivity index (χ0v) is 14.2. The molecule has 25 heavy (non-hydrogen) atoms. The van der Waals surface area contributed by atoms with Crippen LogP contribution in [0, 0.1) is 0 Å². The molecular formula is C20H20FN3O. The lowest BCUT2D eigenvalue weighted by Crippen LogP contribution is -2.33. The number of aromatic nitrogens is 2. The van der Waals surface area contributed by atoms with E-state index < -0.39 is 6.67 Å². The topological polar surface area (TPSA) is 46.1 Å². The molecule has 0 radical (unpaired) electrons. The summed E-state index contributed by atoms with van der Waals surface area (Å²) < 4.78 is 12.7. The van der Waals surface area contributed by atoms with E-state index in [0.29, 0.717) is 11.4 Å². The molecule has 0 unspecified atom stereocenters. The molecule has 0 aliphatic heterocycles. The Bertz CT molecular complexity index is 864. The number of carbonyl (C=O) groups excluding carboxylic acids is 1. The number of carbonyl (C=O) groups is 1. The molecule has 1 aromatic carbocycles. The zero-order valence-electron chi connectivity index (χ0n) is 14.2. The quantitative estimate of drug-likeness (QED) is 0.677. The van der Waals surface area contributed by atoms with Crippen molar-refractivity contribution in [1.29, 1.82) is 0 Å². The van der Waals surface area contributed by atoms with Crippen LogP contribution in [0.25, 0.3) is 10.9 Å². The summed E-state index contributed by atoms with van der Waals surface area (Å²) in [6.07, 6.45) is 4.46. The van der Waals surface area contributed by atoms with E-state index >= 15 is 0 Å². The number of pyridine rings is 2. The van der Waals surface area contributed by atoms with Crippen molar-refractivity contribution in [2.45, 2.75) is 19.8 Å². The van der Waals surface area contributed by atoms with E-state index in [4.69, 9.17) is 0 Å². The fourth-order valence-electron chi connectivity index (χ4n) is 2.67. The van der Waals surface area contributed by atoms with Gasteiger partial charge in [-0.3, -0.25) is 19.1 Å². The van der Waals surface area contributed by atoms with Crippen LogP contribution in [0.3, 0.4) is 0 Å². The molecule has 1 amide bonds. The lowest BCUT2D eigenvalue weighted by molar-refractivity contribution is 0.0985. The molecule has 0 fully saturated rings. The fraction of sp³-hybridized carbons (Fsp3) is 0.250. The molecule has 2 aromatic heterocycles. The average Bonchev–Trinajstić information content (AvgIpc) is 2.68. The molecule has 2 heterocycles. The molecule has 0 N–H and O–H groups in total. The first kappa shape index (κ1) is 17.0. The minimum atomic E-state index is -0.479. The zero-order chi connectivity index (χ0) is 17.6. The van der Waals surface area contributed by atoms with Crippen molar-refractivity contribution in [3.63, 3.8) is 0 Å². The Hall–Kier alpha value is -2.82. The smallest absolute Gasteiger partial charge is 0.261 e. The monoisotopic (exact) mass is 337 g/mol. The number of alkyl halides is 1. The molecular weight excluding hydrogens is 317 g/mol. The van der Waals surface area contributed by atoms with E-state index in [1.807, 2.05) is 49.4 Å². The third-order valence-corrected chi connectivity index (χ3v) is 4.09. The first-order chi connectivity index (χ1) is 12.2. The number of rotatable bonds is 6. The number of aryl methyl sites for hydroxylation is 1. The Balaban J connectivity index is 1.93. The number of halogens is 1. The molecule has 0 atom stereocenters. The van der Waals surface area contributed by atoms with Gasteiger partial charge in [-0.15, -0.1) is 0 Å². The number of hydrogen-bond acceptors (Lipinski definition) is 3. The fourth-order valence-corrected chi connectivity index (χ4v) is 2.67. The summed E-state index contributed by atoms with van der Waals surface area (Å²) in [5.41, 5.74) is 2.40. The van der Waals surface area contributed by atoms with E-state index in [1.165, 1.54) is 4.90 Å². The number of nitrogens with zero attached hydrogens (tertiary/aromatic N) is 3. The molecule has 0 saturated carbocycles. The van der Waals surface area contributed by atoms with Gasteiger partial charge in [0.25, 0.3) is 5.91 Å². The first-order valence-corrected chi connectivity index (χ1v) is 8.40. The minimum absolute atomic E-state index is 0.219. The summed E-state index contributed by atoms with van der Waals surface area (Å²) in [6, 6.07) is 13.2. The third-order valence-electron chi connectivity index (χ3n) is 4.09.